The molecular weight excluding hydrogens is 214 g/mol. The molecule has 0 aliphatic heterocycles. The summed E-state index contributed by atoms with van der Waals surface area (Å²) in [6.07, 6.45) is 0. The van der Waals surface area contributed by atoms with E-state index in [0.29, 0.717) is 0 Å². The van der Waals surface area contributed by atoms with Crippen molar-refractivity contribution < 1.29 is 0 Å². The molecule has 0 aliphatic rings. The minimum Gasteiger partial charge on any atom is -0.313 e. The summed E-state index contributed by atoms with van der Waals surface area (Å²) in [5, 5.41) is 3.35. The number of hydrogen-bond acceptors (Lipinski definition) is 2. The molecule has 0 atom stereocenters. The van der Waals surface area contributed by atoms with Crippen molar-refractivity contribution in [1.82, 2.24) is 5.32 Å². The summed E-state index contributed by atoms with van der Waals surface area (Å²) in [5.74, 6) is 0. The molecule has 2 rings (SSSR count). The smallest absolute Gasteiger partial charge is 0.0345 e. The summed E-state index contributed by atoms with van der Waals surface area (Å²) in [4.78, 5) is 2.72. The molecule has 1 heterocycles. The molecule has 2 heteroatoms. The molecule has 0 fully saturated rings. The van der Waals surface area contributed by atoms with Gasteiger partial charge in [-0.1, -0.05) is 25.1 Å². The summed E-state index contributed by atoms with van der Waals surface area (Å²) in [6, 6.07) is 13.1. The Morgan fingerprint density at radius 3 is 2.75 bits per heavy atom. The number of hydrogen-bond donors (Lipinski definition) is 1. The molecular formula is C14H17NS. The summed E-state index contributed by atoms with van der Waals surface area (Å²) >= 11 is 1.85. The van der Waals surface area contributed by atoms with Gasteiger partial charge in [-0.2, -0.15) is 0 Å². The first kappa shape index (κ1) is 11.4. The predicted molar refractivity (Wildman–Crippen MR) is 71.9 cm³/mol. The second-order valence-electron chi connectivity index (χ2n) is 3.89. The number of benzene rings is 1. The highest BCUT2D eigenvalue weighted by Gasteiger charge is 2.01. The SMILES string of the molecule is CCNCc1cccc(-c2ccc(C)s2)c1. The van der Waals surface area contributed by atoms with Crippen LogP contribution in [0.1, 0.15) is 17.4 Å². The van der Waals surface area contributed by atoms with Gasteiger partial charge in [0.15, 0.2) is 0 Å². The van der Waals surface area contributed by atoms with E-state index in [1.165, 1.54) is 20.9 Å². The van der Waals surface area contributed by atoms with Crippen LogP contribution in [0.3, 0.4) is 0 Å². The Bertz CT molecular complexity index is 459. The van der Waals surface area contributed by atoms with E-state index in [9.17, 15) is 0 Å². The maximum Gasteiger partial charge on any atom is 0.0345 e. The van der Waals surface area contributed by atoms with Crippen molar-refractivity contribution in [2.75, 3.05) is 6.54 Å². The molecule has 0 spiro atoms. The molecule has 0 saturated heterocycles. The standard InChI is InChI=1S/C14H17NS/c1-3-15-10-12-5-4-6-13(9-12)14-8-7-11(2)16-14/h4-9,15H,3,10H2,1-2H3. The Morgan fingerprint density at radius 2 is 2.06 bits per heavy atom. The first-order chi connectivity index (χ1) is 7.79. The zero-order chi connectivity index (χ0) is 11.4. The minimum atomic E-state index is 0.953. The van der Waals surface area contributed by atoms with E-state index in [4.69, 9.17) is 0 Å². The van der Waals surface area contributed by atoms with Crippen LogP contribution in [-0.2, 0) is 6.54 Å². The Morgan fingerprint density at radius 1 is 1.19 bits per heavy atom. The molecule has 0 bridgehead atoms. The Labute approximate surface area is 101 Å². The van der Waals surface area contributed by atoms with Crippen molar-refractivity contribution in [3.05, 3.63) is 46.8 Å². The molecule has 0 aliphatic carbocycles. The second-order valence-corrected chi connectivity index (χ2v) is 5.18. The van der Waals surface area contributed by atoms with Crippen molar-refractivity contribution in [3.8, 4) is 10.4 Å². The van der Waals surface area contributed by atoms with Crippen LogP contribution in [0.15, 0.2) is 36.4 Å². The van der Waals surface area contributed by atoms with E-state index in [1.54, 1.807) is 0 Å². The van der Waals surface area contributed by atoms with Crippen LogP contribution in [-0.4, -0.2) is 6.54 Å². The van der Waals surface area contributed by atoms with Gasteiger partial charge in [-0.05, 0) is 42.8 Å². The Kier molecular flexibility index (Phi) is 3.75. The average Bonchev–Trinajstić information content (AvgIpc) is 2.74. The van der Waals surface area contributed by atoms with Crippen LogP contribution in [0.2, 0.25) is 0 Å². The lowest BCUT2D eigenvalue weighted by atomic mass is 10.1. The van der Waals surface area contributed by atoms with Crippen LogP contribution in [0.4, 0.5) is 0 Å². The Hall–Kier alpha value is -1.12. The van der Waals surface area contributed by atoms with Gasteiger partial charge in [0.25, 0.3) is 0 Å². The van der Waals surface area contributed by atoms with Crippen LogP contribution in [0, 0.1) is 6.92 Å². The predicted octanol–water partition coefficient (Wildman–Crippen LogP) is 3.83. The first-order valence-corrected chi connectivity index (χ1v) is 6.47. The molecule has 1 aromatic carbocycles. The third-order valence-electron chi connectivity index (χ3n) is 2.53. The summed E-state index contributed by atoms with van der Waals surface area (Å²) in [5.41, 5.74) is 2.68. The molecule has 0 amide bonds. The lowest BCUT2D eigenvalue weighted by molar-refractivity contribution is 0.727. The molecule has 0 unspecified atom stereocenters. The second kappa shape index (κ2) is 5.28. The van der Waals surface area contributed by atoms with E-state index >= 15 is 0 Å². The van der Waals surface area contributed by atoms with Gasteiger partial charge >= 0.3 is 0 Å². The fourth-order valence-corrected chi connectivity index (χ4v) is 2.56. The maximum atomic E-state index is 3.35. The number of aryl methyl sites for hydroxylation is 1. The minimum absolute atomic E-state index is 0.953. The summed E-state index contributed by atoms with van der Waals surface area (Å²) in [7, 11) is 0. The topological polar surface area (TPSA) is 12.0 Å². The van der Waals surface area contributed by atoms with Crippen LogP contribution in [0.25, 0.3) is 10.4 Å². The fraction of sp³-hybridized carbons (Fsp3) is 0.286. The van der Waals surface area contributed by atoms with Gasteiger partial charge in [0.1, 0.15) is 0 Å². The largest absolute Gasteiger partial charge is 0.313 e. The molecule has 2 aromatic rings. The van der Waals surface area contributed by atoms with E-state index in [1.807, 2.05) is 11.3 Å². The van der Waals surface area contributed by atoms with E-state index in [0.717, 1.165) is 13.1 Å². The van der Waals surface area contributed by atoms with Crippen molar-refractivity contribution in [2.24, 2.45) is 0 Å². The lowest BCUT2D eigenvalue weighted by Crippen LogP contribution is -2.11. The highest BCUT2D eigenvalue weighted by Crippen LogP contribution is 2.28. The van der Waals surface area contributed by atoms with Crippen molar-refractivity contribution in [2.45, 2.75) is 20.4 Å². The highest BCUT2D eigenvalue weighted by molar-refractivity contribution is 7.15. The average molecular weight is 231 g/mol. The van der Waals surface area contributed by atoms with Gasteiger partial charge in [-0.25, -0.2) is 0 Å². The van der Waals surface area contributed by atoms with Gasteiger partial charge in [0, 0.05) is 16.3 Å². The van der Waals surface area contributed by atoms with Crippen molar-refractivity contribution >= 4 is 11.3 Å². The van der Waals surface area contributed by atoms with Crippen LogP contribution in [0.5, 0.6) is 0 Å². The summed E-state index contributed by atoms with van der Waals surface area (Å²) < 4.78 is 0. The number of rotatable bonds is 4. The molecule has 0 saturated carbocycles. The molecule has 1 N–H and O–H groups in total. The third kappa shape index (κ3) is 2.71. The molecule has 1 aromatic heterocycles. The first-order valence-electron chi connectivity index (χ1n) is 5.66. The maximum absolute atomic E-state index is 3.35. The van der Waals surface area contributed by atoms with Gasteiger partial charge < -0.3 is 5.32 Å². The molecule has 0 radical (unpaired) electrons. The zero-order valence-corrected chi connectivity index (χ0v) is 10.6. The van der Waals surface area contributed by atoms with Gasteiger partial charge in [-0.15, -0.1) is 11.3 Å². The van der Waals surface area contributed by atoms with Crippen LogP contribution < -0.4 is 5.32 Å². The normalized spacial score (nSPS) is 10.6. The fourth-order valence-electron chi connectivity index (χ4n) is 1.69. The van der Waals surface area contributed by atoms with Gasteiger partial charge in [0.2, 0.25) is 0 Å². The third-order valence-corrected chi connectivity index (χ3v) is 3.58. The lowest BCUT2D eigenvalue weighted by Gasteiger charge is -2.04. The van der Waals surface area contributed by atoms with E-state index < -0.39 is 0 Å². The monoisotopic (exact) mass is 231 g/mol. The van der Waals surface area contributed by atoms with Crippen molar-refractivity contribution in [1.29, 1.82) is 0 Å². The zero-order valence-electron chi connectivity index (χ0n) is 9.79. The van der Waals surface area contributed by atoms with Gasteiger partial charge in [0.05, 0.1) is 0 Å². The number of nitrogens with one attached hydrogen (secondary N) is 1. The number of thiophene rings is 1. The molecule has 84 valence electrons. The Balaban J connectivity index is 2.22. The van der Waals surface area contributed by atoms with E-state index in [-0.39, 0.29) is 0 Å². The van der Waals surface area contributed by atoms with Crippen LogP contribution >= 0.6 is 11.3 Å². The van der Waals surface area contributed by atoms with Gasteiger partial charge in [-0.3, -0.25) is 0 Å². The van der Waals surface area contributed by atoms with Crippen molar-refractivity contribution in [3.63, 3.8) is 0 Å². The molecule has 1 nitrogen and oxygen atoms in total. The quantitative estimate of drug-likeness (QED) is 0.843. The van der Waals surface area contributed by atoms with E-state index in [2.05, 4.69) is 55.6 Å². The highest BCUT2D eigenvalue weighted by atomic mass is 32.1. The summed E-state index contributed by atoms with van der Waals surface area (Å²) in [6.45, 7) is 6.25. The molecule has 16 heavy (non-hydrogen) atoms.